The highest BCUT2D eigenvalue weighted by Crippen LogP contribution is 2.22. The number of thiophene rings is 1. The normalized spacial score (nSPS) is 16.2. The Morgan fingerprint density at radius 1 is 1.33 bits per heavy atom. The van der Waals surface area contributed by atoms with Crippen LogP contribution in [0.1, 0.15) is 33.8 Å². The average molecular weight is 343 g/mol. The van der Waals surface area contributed by atoms with E-state index in [1.54, 1.807) is 11.3 Å². The Labute approximate surface area is 148 Å². The molecule has 128 valence electrons. The minimum absolute atomic E-state index is 0.175. The summed E-state index contributed by atoms with van der Waals surface area (Å²) in [4.78, 5) is 22.3. The van der Waals surface area contributed by atoms with Crippen LogP contribution >= 0.6 is 11.3 Å². The Balaban J connectivity index is 1.48. The molecule has 24 heavy (non-hydrogen) atoms. The first-order chi connectivity index (χ1) is 11.6. The van der Waals surface area contributed by atoms with Crippen molar-refractivity contribution in [2.45, 2.75) is 32.2 Å². The van der Waals surface area contributed by atoms with E-state index in [0.29, 0.717) is 6.04 Å². The van der Waals surface area contributed by atoms with Crippen molar-refractivity contribution in [2.75, 3.05) is 26.7 Å². The Kier molecular flexibility index (Phi) is 5.63. The van der Waals surface area contributed by atoms with Crippen molar-refractivity contribution in [3.8, 4) is 0 Å². The highest BCUT2D eigenvalue weighted by Gasteiger charge is 2.26. The molecule has 0 saturated carbocycles. The van der Waals surface area contributed by atoms with Crippen LogP contribution in [-0.4, -0.2) is 53.4 Å². The fraction of sp³-hybridized carbons (Fsp3) is 0.474. The summed E-state index contributed by atoms with van der Waals surface area (Å²) in [5.74, 6) is 0.175. The van der Waals surface area contributed by atoms with Crippen LogP contribution in [0.2, 0.25) is 0 Å². The highest BCUT2D eigenvalue weighted by atomic mass is 32.1. The fourth-order valence-electron chi connectivity index (χ4n) is 3.27. The Morgan fingerprint density at radius 3 is 2.75 bits per heavy atom. The summed E-state index contributed by atoms with van der Waals surface area (Å²) in [6.07, 6.45) is 4.95. The molecule has 4 nitrogen and oxygen atoms in total. The number of amides is 1. The second-order valence-corrected chi connectivity index (χ2v) is 7.41. The third kappa shape index (κ3) is 4.02. The summed E-state index contributed by atoms with van der Waals surface area (Å²) in [6, 6.07) is 8.46. The fourth-order valence-corrected chi connectivity index (χ4v) is 4.17. The van der Waals surface area contributed by atoms with Gasteiger partial charge in [-0.25, -0.2) is 0 Å². The smallest absolute Gasteiger partial charge is 0.264 e. The molecular formula is C19H25N3OS. The van der Waals surface area contributed by atoms with Crippen molar-refractivity contribution in [1.29, 1.82) is 0 Å². The number of pyridine rings is 1. The first-order valence-electron chi connectivity index (χ1n) is 8.58. The molecule has 1 aliphatic heterocycles. The predicted molar refractivity (Wildman–Crippen MR) is 98.6 cm³/mol. The van der Waals surface area contributed by atoms with Crippen molar-refractivity contribution < 1.29 is 4.79 Å². The lowest BCUT2D eigenvalue weighted by molar-refractivity contribution is 0.0647. The molecule has 3 rings (SSSR count). The van der Waals surface area contributed by atoms with Crippen LogP contribution < -0.4 is 0 Å². The second kappa shape index (κ2) is 7.90. The van der Waals surface area contributed by atoms with Crippen LogP contribution in [0, 0.1) is 6.92 Å². The third-order valence-electron chi connectivity index (χ3n) is 4.89. The predicted octanol–water partition coefficient (Wildman–Crippen LogP) is 3.23. The number of carbonyl (C=O) groups excluding carboxylic acids is 1. The van der Waals surface area contributed by atoms with E-state index in [9.17, 15) is 4.79 Å². The van der Waals surface area contributed by atoms with E-state index in [-0.39, 0.29) is 5.91 Å². The van der Waals surface area contributed by atoms with Gasteiger partial charge >= 0.3 is 0 Å². The molecule has 0 radical (unpaired) electrons. The van der Waals surface area contributed by atoms with Gasteiger partial charge in [-0.2, -0.15) is 0 Å². The van der Waals surface area contributed by atoms with Crippen molar-refractivity contribution in [3.05, 3.63) is 52.0 Å². The molecule has 1 amide bonds. The molecule has 3 heterocycles. The molecule has 0 atom stereocenters. The Morgan fingerprint density at radius 2 is 2.12 bits per heavy atom. The van der Waals surface area contributed by atoms with Gasteiger partial charge in [0.15, 0.2) is 0 Å². The van der Waals surface area contributed by atoms with Gasteiger partial charge in [0.25, 0.3) is 5.91 Å². The Bertz CT molecular complexity index is 662. The van der Waals surface area contributed by atoms with Crippen LogP contribution in [0.4, 0.5) is 0 Å². The van der Waals surface area contributed by atoms with Gasteiger partial charge in [0.1, 0.15) is 0 Å². The van der Waals surface area contributed by atoms with Crippen molar-refractivity contribution >= 4 is 17.2 Å². The SMILES string of the molecule is Cc1ccsc1C(=O)N(C)C1CCN(CCc2ccccn2)CC1. The molecule has 2 aromatic rings. The van der Waals surface area contributed by atoms with Gasteiger partial charge in [0, 0.05) is 51.0 Å². The van der Waals surface area contributed by atoms with Crippen LogP contribution in [-0.2, 0) is 6.42 Å². The molecule has 5 heteroatoms. The van der Waals surface area contributed by atoms with Crippen molar-refractivity contribution in [3.63, 3.8) is 0 Å². The zero-order valence-corrected chi connectivity index (χ0v) is 15.3. The average Bonchev–Trinajstić information content (AvgIpc) is 3.06. The summed E-state index contributed by atoms with van der Waals surface area (Å²) in [5, 5.41) is 2.00. The van der Waals surface area contributed by atoms with Gasteiger partial charge < -0.3 is 9.80 Å². The van der Waals surface area contributed by atoms with Gasteiger partial charge in [-0.3, -0.25) is 9.78 Å². The number of hydrogen-bond acceptors (Lipinski definition) is 4. The minimum Gasteiger partial charge on any atom is -0.338 e. The standard InChI is InChI=1S/C19H25N3OS/c1-15-9-14-24-18(15)19(23)21(2)17-7-12-22(13-8-17)11-6-16-5-3-4-10-20-16/h3-5,9-10,14,17H,6-8,11-13H2,1-2H3. The maximum absolute atomic E-state index is 12.6. The Hall–Kier alpha value is -1.72. The largest absolute Gasteiger partial charge is 0.338 e. The first kappa shape index (κ1) is 17.1. The van der Waals surface area contributed by atoms with Crippen LogP contribution in [0.25, 0.3) is 0 Å². The number of aryl methyl sites for hydroxylation is 1. The van der Waals surface area contributed by atoms with Crippen LogP contribution in [0.15, 0.2) is 35.8 Å². The van der Waals surface area contributed by atoms with E-state index in [2.05, 4.69) is 16.0 Å². The molecule has 0 aromatic carbocycles. The number of rotatable bonds is 5. The maximum Gasteiger partial charge on any atom is 0.264 e. The highest BCUT2D eigenvalue weighted by molar-refractivity contribution is 7.12. The van der Waals surface area contributed by atoms with Crippen LogP contribution in [0.3, 0.4) is 0 Å². The van der Waals surface area contributed by atoms with Crippen molar-refractivity contribution in [2.24, 2.45) is 0 Å². The summed E-state index contributed by atoms with van der Waals surface area (Å²) < 4.78 is 0. The van der Waals surface area contributed by atoms with Gasteiger partial charge in [-0.05, 0) is 48.9 Å². The van der Waals surface area contributed by atoms with E-state index in [1.165, 1.54) is 0 Å². The van der Waals surface area contributed by atoms with Gasteiger partial charge in [0.2, 0.25) is 0 Å². The number of nitrogens with zero attached hydrogens (tertiary/aromatic N) is 3. The van der Waals surface area contributed by atoms with E-state index in [1.807, 2.05) is 48.6 Å². The maximum atomic E-state index is 12.6. The molecule has 1 fully saturated rings. The zero-order chi connectivity index (χ0) is 16.9. The lowest BCUT2D eigenvalue weighted by Crippen LogP contribution is -2.46. The molecule has 0 bridgehead atoms. The molecule has 1 saturated heterocycles. The monoisotopic (exact) mass is 343 g/mol. The van der Waals surface area contributed by atoms with Gasteiger partial charge in [0.05, 0.1) is 4.88 Å². The summed E-state index contributed by atoms with van der Waals surface area (Å²) in [6.45, 7) is 5.17. The summed E-state index contributed by atoms with van der Waals surface area (Å²) in [5.41, 5.74) is 2.24. The topological polar surface area (TPSA) is 36.4 Å². The van der Waals surface area contributed by atoms with Crippen molar-refractivity contribution in [1.82, 2.24) is 14.8 Å². The lowest BCUT2D eigenvalue weighted by Gasteiger charge is -2.36. The minimum atomic E-state index is 0.175. The van der Waals surface area contributed by atoms with E-state index < -0.39 is 0 Å². The third-order valence-corrected chi connectivity index (χ3v) is 5.90. The molecule has 0 unspecified atom stereocenters. The van der Waals surface area contributed by atoms with E-state index in [4.69, 9.17) is 0 Å². The number of likely N-dealkylation sites (tertiary alicyclic amines) is 1. The molecule has 0 spiro atoms. The quantitative estimate of drug-likeness (QED) is 0.836. The zero-order valence-electron chi connectivity index (χ0n) is 14.4. The van der Waals surface area contributed by atoms with Gasteiger partial charge in [-0.1, -0.05) is 6.07 Å². The summed E-state index contributed by atoms with van der Waals surface area (Å²) >= 11 is 1.55. The molecule has 1 aliphatic rings. The van der Waals surface area contributed by atoms with Gasteiger partial charge in [-0.15, -0.1) is 11.3 Å². The number of aromatic nitrogens is 1. The van der Waals surface area contributed by atoms with E-state index >= 15 is 0 Å². The lowest BCUT2D eigenvalue weighted by atomic mass is 10.0. The van der Waals surface area contributed by atoms with E-state index in [0.717, 1.165) is 55.0 Å². The number of hydrogen-bond donors (Lipinski definition) is 0. The second-order valence-electron chi connectivity index (χ2n) is 6.49. The number of carbonyl (C=O) groups is 1. The summed E-state index contributed by atoms with van der Waals surface area (Å²) in [7, 11) is 1.95. The molecule has 0 N–H and O–H groups in total. The van der Waals surface area contributed by atoms with Crippen LogP contribution in [0.5, 0.6) is 0 Å². The molecule has 2 aromatic heterocycles. The molecular weight excluding hydrogens is 318 g/mol. The first-order valence-corrected chi connectivity index (χ1v) is 9.46. The molecule has 0 aliphatic carbocycles. The number of piperidine rings is 1.